The lowest BCUT2D eigenvalue weighted by molar-refractivity contribution is -0.121. The van der Waals surface area contributed by atoms with Crippen LogP contribution >= 0.6 is 0 Å². The summed E-state index contributed by atoms with van der Waals surface area (Å²) >= 11 is 0. The third kappa shape index (κ3) is 6.61. The van der Waals surface area contributed by atoms with Crippen LogP contribution in [0.4, 0.5) is 0 Å². The second-order valence-corrected chi connectivity index (χ2v) is 6.51. The van der Waals surface area contributed by atoms with Gasteiger partial charge in [-0.05, 0) is 61.1 Å². The summed E-state index contributed by atoms with van der Waals surface area (Å²) < 4.78 is 5.67. The van der Waals surface area contributed by atoms with E-state index in [4.69, 9.17) is 4.74 Å². The Hall–Kier alpha value is -2.29. The molecule has 1 N–H and O–H groups in total. The summed E-state index contributed by atoms with van der Waals surface area (Å²) in [6, 6.07) is 14.6. The van der Waals surface area contributed by atoms with Crippen molar-refractivity contribution in [3.05, 3.63) is 64.7 Å². The van der Waals surface area contributed by atoms with Gasteiger partial charge in [0.05, 0.1) is 6.54 Å². The quantitative estimate of drug-likeness (QED) is 0.688. The van der Waals surface area contributed by atoms with E-state index in [0.29, 0.717) is 19.6 Å². The largest absolute Gasteiger partial charge is 0.492 e. The van der Waals surface area contributed by atoms with Crippen LogP contribution in [-0.2, 0) is 17.6 Å². The lowest BCUT2D eigenvalue weighted by Crippen LogP contribution is -2.28. The number of rotatable bonds is 9. The Morgan fingerprint density at radius 2 is 1.68 bits per heavy atom. The van der Waals surface area contributed by atoms with Gasteiger partial charge in [-0.3, -0.25) is 4.79 Å². The van der Waals surface area contributed by atoms with E-state index < -0.39 is 0 Å². The molecule has 0 bridgehead atoms. The highest BCUT2D eigenvalue weighted by Crippen LogP contribution is 2.13. The standard InChI is InChI=1S/C22H29NO2/c1-4-5-19-8-11-21(12-9-19)25-15-14-23-22(24)13-10-20-7-6-17(2)18(3)16-20/h6-9,11-12,16H,4-5,10,13-15H2,1-3H3,(H,23,24). The van der Waals surface area contributed by atoms with Crippen LogP contribution in [0.25, 0.3) is 0 Å². The number of carbonyl (C=O) groups excluding carboxylic acids is 1. The maximum absolute atomic E-state index is 11.9. The van der Waals surface area contributed by atoms with Crippen molar-refractivity contribution in [3.8, 4) is 5.75 Å². The minimum atomic E-state index is 0.0696. The van der Waals surface area contributed by atoms with Gasteiger partial charge in [-0.1, -0.05) is 43.7 Å². The second kappa shape index (κ2) is 9.87. The van der Waals surface area contributed by atoms with Crippen LogP contribution in [0.1, 0.15) is 42.0 Å². The van der Waals surface area contributed by atoms with Gasteiger partial charge < -0.3 is 10.1 Å². The fourth-order valence-corrected chi connectivity index (χ4v) is 2.71. The Labute approximate surface area is 151 Å². The van der Waals surface area contributed by atoms with Crippen molar-refractivity contribution in [2.24, 2.45) is 0 Å². The summed E-state index contributed by atoms with van der Waals surface area (Å²) in [6.45, 7) is 7.40. The summed E-state index contributed by atoms with van der Waals surface area (Å²) in [5.74, 6) is 0.921. The van der Waals surface area contributed by atoms with Crippen LogP contribution in [0, 0.1) is 13.8 Å². The molecule has 0 aliphatic rings. The predicted molar refractivity (Wildman–Crippen MR) is 103 cm³/mol. The highest BCUT2D eigenvalue weighted by Gasteiger charge is 2.03. The van der Waals surface area contributed by atoms with Gasteiger partial charge in [-0.15, -0.1) is 0 Å². The van der Waals surface area contributed by atoms with Crippen molar-refractivity contribution in [1.29, 1.82) is 0 Å². The Morgan fingerprint density at radius 1 is 0.960 bits per heavy atom. The van der Waals surface area contributed by atoms with Crippen LogP contribution < -0.4 is 10.1 Å². The van der Waals surface area contributed by atoms with E-state index in [-0.39, 0.29) is 5.91 Å². The van der Waals surface area contributed by atoms with E-state index in [2.05, 4.69) is 56.4 Å². The molecule has 2 aromatic rings. The number of benzene rings is 2. The van der Waals surface area contributed by atoms with Crippen molar-refractivity contribution in [2.45, 2.75) is 46.5 Å². The molecule has 3 nitrogen and oxygen atoms in total. The van der Waals surface area contributed by atoms with Crippen LogP contribution in [0.2, 0.25) is 0 Å². The third-order valence-electron chi connectivity index (χ3n) is 4.37. The molecule has 0 aliphatic heterocycles. The number of aryl methyl sites for hydroxylation is 4. The molecule has 3 heteroatoms. The molecule has 0 atom stereocenters. The fraction of sp³-hybridized carbons (Fsp3) is 0.409. The summed E-state index contributed by atoms with van der Waals surface area (Å²) in [5.41, 5.74) is 5.10. The molecule has 0 aliphatic carbocycles. The SMILES string of the molecule is CCCc1ccc(OCCNC(=O)CCc2ccc(C)c(C)c2)cc1. The first kappa shape index (κ1) is 19.0. The van der Waals surface area contributed by atoms with E-state index in [1.165, 1.54) is 22.3 Å². The predicted octanol–water partition coefficient (Wildman–Crippen LogP) is 4.38. The number of hydrogen-bond acceptors (Lipinski definition) is 2. The van der Waals surface area contributed by atoms with Crippen molar-refractivity contribution < 1.29 is 9.53 Å². The van der Waals surface area contributed by atoms with Crippen LogP contribution in [0.5, 0.6) is 5.75 Å². The first-order valence-corrected chi connectivity index (χ1v) is 9.13. The van der Waals surface area contributed by atoms with Gasteiger partial charge in [0.15, 0.2) is 0 Å². The lowest BCUT2D eigenvalue weighted by Gasteiger charge is -2.09. The molecule has 25 heavy (non-hydrogen) atoms. The van der Waals surface area contributed by atoms with Crippen molar-refractivity contribution >= 4 is 5.91 Å². The van der Waals surface area contributed by atoms with E-state index in [9.17, 15) is 4.79 Å². The van der Waals surface area contributed by atoms with Crippen LogP contribution in [0.3, 0.4) is 0 Å². The number of hydrogen-bond donors (Lipinski definition) is 1. The smallest absolute Gasteiger partial charge is 0.220 e. The van der Waals surface area contributed by atoms with Gasteiger partial charge >= 0.3 is 0 Å². The number of amides is 1. The molecule has 0 saturated carbocycles. The van der Waals surface area contributed by atoms with E-state index in [1.807, 2.05) is 12.1 Å². The topological polar surface area (TPSA) is 38.3 Å². The first-order chi connectivity index (χ1) is 12.1. The average molecular weight is 339 g/mol. The molecule has 0 saturated heterocycles. The van der Waals surface area contributed by atoms with Crippen molar-refractivity contribution in [1.82, 2.24) is 5.32 Å². The molecular formula is C22H29NO2. The summed E-state index contributed by atoms with van der Waals surface area (Å²) in [7, 11) is 0. The molecule has 2 rings (SSSR count). The molecule has 134 valence electrons. The zero-order valence-electron chi connectivity index (χ0n) is 15.6. The van der Waals surface area contributed by atoms with E-state index >= 15 is 0 Å². The lowest BCUT2D eigenvalue weighted by atomic mass is 10.0. The zero-order chi connectivity index (χ0) is 18.1. The average Bonchev–Trinajstić information content (AvgIpc) is 2.61. The second-order valence-electron chi connectivity index (χ2n) is 6.51. The van der Waals surface area contributed by atoms with Gasteiger partial charge in [0.2, 0.25) is 5.91 Å². The fourth-order valence-electron chi connectivity index (χ4n) is 2.71. The molecular weight excluding hydrogens is 310 g/mol. The minimum Gasteiger partial charge on any atom is -0.492 e. The van der Waals surface area contributed by atoms with Gasteiger partial charge in [-0.25, -0.2) is 0 Å². The molecule has 0 radical (unpaired) electrons. The van der Waals surface area contributed by atoms with E-state index in [0.717, 1.165) is 25.0 Å². The molecule has 1 amide bonds. The molecule has 0 aromatic heterocycles. The maximum atomic E-state index is 11.9. The summed E-state index contributed by atoms with van der Waals surface area (Å²) in [4.78, 5) is 11.9. The van der Waals surface area contributed by atoms with Gasteiger partial charge in [0.25, 0.3) is 0 Å². The molecule has 2 aromatic carbocycles. The monoisotopic (exact) mass is 339 g/mol. The highest BCUT2D eigenvalue weighted by molar-refractivity contribution is 5.76. The normalized spacial score (nSPS) is 10.5. The Bertz CT molecular complexity index is 677. The van der Waals surface area contributed by atoms with Crippen LogP contribution in [-0.4, -0.2) is 19.1 Å². The van der Waals surface area contributed by atoms with Gasteiger partial charge in [0, 0.05) is 6.42 Å². The maximum Gasteiger partial charge on any atom is 0.220 e. The third-order valence-corrected chi connectivity index (χ3v) is 4.37. The van der Waals surface area contributed by atoms with Gasteiger partial charge in [-0.2, -0.15) is 0 Å². The first-order valence-electron chi connectivity index (χ1n) is 9.13. The number of nitrogens with one attached hydrogen (secondary N) is 1. The highest BCUT2D eigenvalue weighted by atomic mass is 16.5. The van der Waals surface area contributed by atoms with Crippen LogP contribution in [0.15, 0.2) is 42.5 Å². The zero-order valence-corrected chi connectivity index (χ0v) is 15.6. The summed E-state index contributed by atoms with van der Waals surface area (Å²) in [5, 5.41) is 2.92. The molecule has 0 unspecified atom stereocenters. The van der Waals surface area contributed by atoms with E-state index in [1.54, 1.807) is 0 Å². The molecule has 0 spiro atoms. The van der Waals surface area contributed by atoms with Crippen molar-refractivity contribution in [3.63, 3.8) is 0 Å². The molecule has 0 fully saturated rings. The summed E-state index contributed by atoms with van der Waals surface area (Å²) in [6.07, 6.45) is 3.52. The Balaban J connectivity index is 1.64. The number of ether oxygens (including phenoxy) is 1. The minimum absolute atomic E-state index is 0.0696. The Kier molecular flexibility index (Phi) is 7.52. The van der Waals surface area contributed by atoms with Gasteiger partial charge in [0.1, 0.15) is 12.4 Å². The molecule has 0 heterocycles. The van der Waals surface area contributed by atoms with Crippen molar-refractivity contribution in [2.75, 3.05) is 13.2 Å². The number of carbonyl (C=O) groups is 1. The Morgan fingerprint density at radius 3 is 2.36 bits per heavy atom.